The summed E-state index contributed by atoms with van der Waals surface area (Å²) < 4.78 is 11.1. The van der Waals surface area contributed by atoms with E-state index in [-0.39, 0.29) is 6.03 Å². The number of benzene rings is 1. The molecule has 1 aromatic carbocycles. The number of allylic oxidation sites excluding steroid dienone is 1. The fraction of sp³-hybridized carbons (Fsp3) is 0.474. The molecule has 0 bridgehead atoms. The van der Waals surface area contributed by atoms with Crippen molar-refractivity contribution < 1.29 is 19.1 Å². The molecule has 1 unspecified atom stereocenters. The van der Waals surface area contributed by atoms with Gasteiger partial charge >= 0.3 is 12.0 Å². The van der Waals surface area contributed by atoms with Gasteiger partial charge < -0.3 is 20.1 Å². The van der Waals surface area contributed by atoms with E-state index in [2.05, 4.69) is 24.5 Å². The molecule has 0 fully saturated rings. The van der Waals surface area contributed by atoms with Crippen molar-refractivity contribution >= 4 is 12.0 Å². The highest BCUT2D eigenvalue weighted by Crippen LogP contribution is 2.33. The minimum Gasteiger partial charge on any atom is -0.494 e. The van der Waals surface area contributed by atoms with Gasteiger partial charge in [-0.3, -0.25) is 0 Å². The van der Waals surface area contributed by atoms with Crippen LogP contribution >= 0.6 is 0 Å². The molecule has 25 heavy (non-hydrogen) atoms. The predicted octanol–water partition coefficient (Wildman–Crippen LogP) is 3.30. The minimum absolute atomic E-state index is 0.348. The second-order valence-electron chi connectivity index (χ2n) is 6.36. The zero-order valence-electron chi connectivity index (χ0n) is 15.2. The number of ether oxygens (including phenoxy) is 2. The number of rotatable bonds is 7. The zero-order chi connectivity index (χ0) is 18.4. The Kier molecular flexibility index (Phi) is 6.44. The number of carbonyl (C=O) groups excluding carboxylic acids is 2. The fourth-order valence-electron chi connectivity index (χ4n) is 2.67. The third-order valence-corrected chi connectivity index (χ3v) is 3.95. The molecule has 2 rings (SSSR count). The topological polar surface area (TPSA) is 76.7 Å². The molecule has 1 aromatic rings. The van der Waals surface area contributed by atoms with E-state index in [4.69, 9.17) is 9.47 Å². The van der Waals surface area contributed by atoms with Crippen LogP contribution in [0, 0.1) is 5.92 Å². The van der Waals surface area contributed by atoms with E-state index in [1.54, 1.807) is 6.92 Å². The van der Waals surface area contributed by atoms with Crippen LogP contribution in [0.3, 0.4) is 0 Å². The SMILES string of the molecule is CCOc1ccccc1C1NC(=O)NC(C)=C1C(=O)OCCC(C)C. The maximum absolute atomic E-state index is 12.6. The van der Waals surface area contributed by atoms with Crippen LogP contribution in [0.1, 0.15) is 45.7 Å². The van der Waals surface area contributed by atoms with Gasteiger partial charge in [0.2, 0.25) is 0 Å². The van der Waals surface area contributed by atoms with Gasteiger partial charge in [0.05, 0.1) is 24.8 Å². The summed E-state index contributed by atoms with van der Waals surface area (Å²) >= 11 is 0. The van der Waals surface area contributed by atoms with Crippen LogP contribution < -0.4 is 15.4 Å². The Balaban J connectivity index is 2.32. The van der Waals surface area contributed by atoms with Crippen LogP contribution in [-0.2, 0) is 9.53 Å². The van der Waals surface area contributed by atoms with Crippen molar-refractivity contribution in [2.75, 3.05) is 13.2 Å². The minimum atomic E-state index is -0.608. The van der Waals surface area contributed by atoms with Crippen LogP contribution in [-0.4, -0.2) is 25.2 Å². The number of urea groups is 1. The van der Waals surface area contributed by atoms with E-state index in [1.807, 2.05) is 31.2 Å². The van der Waals surface area contributed by atoms with Gasteiger partial charge in [-0.2, -0.15) is 0 Å². The summed E-state index contributed by atoms with van der Waals surface area (Å²) in [5, 5.41) is 5.45. The van der Waals surface area contributed by atoms with Gasteiger partial charge in [0.1, 0.15) is 5.75 Å². The molecule has 1 aliphatic heterocycles. The summed E-state index contributed by atoms with van der Waals surface area (Å²) in [5.41, 5.74) is 1.62. The smallest absolute Gasteiger partial charge is 0.338 e. The van der Waals surface area contributed by atoms with Crippen molar-refractivity contribution in [3.8, 4) is 5.75 Å². The van der Waals surface area contributed by atoms with E-state index in [0.717, 1.165) is 12.0 Å². The highest BCUT2D eigenvalue weighted by Gasteiger charge is 2.33. The first-order valence-electron chi connectivity index (χ1n) is 8.61. The first kappa shape index (κ1) is 18.8. The molecule has 6 nitrogen and oxygen atoms in total. The molecule has 0 aliphatic carbocycles. The Labute approximate surface area is 148 Å². The largest absolute Gasteiger partial charge is 0.494 e. The lowest BCUT2D eigenvalue weighted by Crippen LogP contribution is -2.45. The molecular formula is C19H26N2O4. The number of nitrogens with one attached hydrogen (secondary N) is 2. The van der Waals surface area contributed by atoms with Crippen LogP contribution in [0.15, 0.2) is 35.5 Å². The summed E-state index contributed by atoms with van der Waals surface area (Å²) in [5.74, 6) is 0.654. The summed E-state index contributed by atoms with van der Waals surface area (Å²) in [4.78, 5) is 24.6. The maximum atomic E-state index is 12.6. The van der Waals surface area contributed by atoms with Gasteiger partial charge in [0.15, 0.2) is 0 Å². The number of amides is 2. The standard InChI is InChI=1S/C19H26N2O4/c1-5-24-15-9-7-6-8-14(15)17-16(13(4)20-19(23)21-17)18(22)25-11-10-12(2)3/h6-9,12,17H,5,10-11H2,1-4H3,(H2,20,21,23). The molecule has 0 saturated carbocycles. The summed E-state index contributed by atoms with van der Waals surface area (Å²) in [6.45, 7) is 8.58. The number of para-hydroxylation sites is 1. The third kappa shape index (κ3) is 4.75. The fourth-order valence-corrected chi connectivity index (χ4v) is 2.67. The molecule has 0 saturated heterocycles. The van der Waals surface area contributed by atoms with Crippen molar-refractivity contribution in [2.24, 2.45) is 5.92 Å². The summed E-state index contributed by atoms with van der Waals surface area (Å²) in [6.07, 6.45) is 0.790. The molecule has 0 spiro atoms. The molecule has 1 atom stereocenters. The lowest BCUT2D eigenvalue weighted by Gasteiger charge is -2.29. The van der Waals surface area contributed by atoms with Gasteiger partial charge in [-0.05, 0) is 32.3 Å². The van der Waals surface area contributed by atoms with Crippen molar-refractivity contribution in [1.82, 2.24) is 10.6 Å². The van der Waals surface area contributed by atoms with Gasteiger partial charge in [-0.1, -0.05) is 32.0 Å². The molecule has 1 heterocycles. The van der Waals surface area contributed by atoms with Crippen LogP contribution in [0.2, 0.25) is 0 Å². The quantitative estimate of drug-likeness (QED) is 0.743. The Hall–Kier alpha value is -2.50. The second kappa shape index (κ2) is 8.55. The monoisotopic (exact) mass is 346 g/mol. The Bertz CT molecular complexity index is 667. The van der Waals surface area contributed by atoms with E-state index in [1.165, 1.54) is 0 Å². The van der Waals surface area contributed by atoms with Gasteiger partial charge in [-0.25, -0.2) is 9.59 Å². The van der Waals surface area contributed by atoms with Gasteiger partial charge in [0, 0.05) is 11.3 Å². The number of hydrogen-bond donors (Lipinski definition) is 2. The van der Waals surface area contributed by atoms with Crippen molar-refractivity contribution in [3.63, 3.8) is 0 Å². The lowest BCUT2D eigenvalue weighted by molar-refractivity contribution is -0.139. The Morgan fingerprint density at radius 1 is 1.28 bits per heavy atom. The number of carbonyl (C=O) groups is 2. The van der Waals surface area contributed by atoms with Crippen molar-refractivity contribution in [1.29, 1.82) is 0 Å². The molecule has 1 aliphatic rings. The van der Waals surface area contributed by atoms with E-state index >= 15 is 0 Å². The zero-order valence-corrected chi connectivity index (χ0v) is 15.2. The first-order chi connectivity index (χ1) is 11.9. The molecule has 0 aromatic heterocycles. The first-order valence-corrected chi connectivity index (χ1v) is 8.61. The third-order valence-electron chi connectivity index (χ3n) is 3.95. The molecule has 136 valence electrons. The van der Waals surface area contributed by atoms with Gasteiger partial charge in [-0.15, -0.1) is 0 Å². The molecule has 2 amide bonds. The van der Waals surface area contributed by atoms with E-state index in [9.17, 15) is 9.59 Å². The number of esters is 1. The van der Waals surface area contributed by atoms with Crippen LogP contribution in [0.4, 0.5) is 4.79 Å². The maximum Gasteiger partial charge on any atom is 0.338 e. The van der Waals surface area contributed by atoms with E-state index in [0.29, 0.717) is 36.2 Å². The molecular weight excluding hydrogens is 320 g/mol. The highest BCUT2D eigenvalue weighted by molar-refractivity contribution is 5.95. The number of hydrogen-bond acceptors (Lipinski definition) is 4. The second-order valence-corrected chi connectivity index (χ2v) is 6.36. The molecule has 0 radical (unpaired) electrons. The average Bonchev–Trinajstić information content (AvgIpc) is 2.54. The predicted molar refractivity (Wildman–Crippen MR) is 95.1 cm³/mol. The van der Waals surface area contributed by atoms with Crippen molar-refractivity contribution in [2.45, 2.75) is 40.2 Å². The van der Waals surface area contributed by atoms with E-state index < -0.39 is 12.0 Å². The van der Waals surface area contributed by atoms with Crippen molar-refractivity contribution in [3.05, 3.63) is 41.1 Å². The van der Waals surface area contributed by atoms with Crippen LogP contribution in [0.5, 0.6) is 5.75 Å². The molecule has 2 N–H and O–H groups in total. The van der Waals surface area contributed by atoms with Crippen LogP contribution in [0.25, 0.3) is 0 Å². The lowest BCUT2D eigenvalue weighted by atomic mass is 9.95. The average molecular weight is 346 g/mol. The Morgan fingerprint density at radius 3 is 2.68 bits per heavy atom. The highest BCUT2D eigenvalue weighted by atomic mass is 16.5. The summed E-state index contributed by atoms with van der Waals surface area (Å²) in [7, 11) is 0. The Morgan fingerprint density at radius 2 is 2.00 bits per heavy atom. The molecule has 6 heteroatoms. The van der Waals surface area contributed by atoms with Gasteiger partial charge in [0.25, 0.3) is 0 Å². The summed E-state index contributed by atoms with van der Waals surface area (Å²) in [6, 6.07) is 6.41. The normalized spacial score (nSPS) is 17.2.